The largest absolute Gasteiger partial charge is 0.465 e. The predicted molar refractivity (Wildman–Crippen MR) is 111 cm³/mol. The number of hydrogen-bond donors (Lipinski definition) is 0. The van der Waals surface area contributed by atoms with Gasteiger partial charge in [-0.1, -0.05) is 6.07 Å². The summed E-state index contributed by atoms with van der Waals surface area (Å²) in [5.74, 6) is -0.734. The van der Waals surface area contributed by atoms with Crippen molar-refractivity contribution in [3.05, 3.63) is 65.2 Å². The molecule has 2 aromatic carbocycles. The van der Waals surface area contributed by atoms with Gasteiger partial charge in [0.15, 0.2) is 0 Å². The number of halogens is 3. The summed E-state index contributed by atoms with van der Waals surface area (Å²) >= 11 is 1.17. The number of anilines is 1. The predicted octanol–water partition coefficient (Wildman–Crippen LogP) is 4.83. The number of carbonyl (C=O) groups excluding carboxylic acids is 1. The minimum Gasteiger partial charge on any atom is -0.465 e. The average molecular weight is 470 g/mol. The Kier molecular flexibility index (Phi) is 6.37. The fraction of sp³-hybridized carbons (Fsp3) is 0.200. The van der Waals surface area contributed by atoms with Crippen molar-refractivity contribution in [1.82, 2.24) is 4.98 Å². The third-order valence-electron chi connectivity index (χ3n) is 4.39. The molecule has 0 aliphatic heterocycles. The van der Waals surface area contributed by atoms with Gasteiger partial charge in [-0.25, -0.2) is 18.2 Å². The van der Waals surface area contributed by atoms with E-state index < -0.39 is 27.7 Å². The molecule has 0 radical (unpaired) electrons. The van der Waals surface area contributed by atoms with Crippen LogP contribution in [-0.2, 0) is 20.9 Å². The topological polar surface area (TPSA) is 76.6 Å². The molecule has 0 bridgehead atoms. The molecule has 1 aromatic heterocycles. The van der Waals surface area contributed by atoms with Gasteiger partial charge in [0, 0.05) is 23.7 Å². The Hall–Kier alpha value is -2.92. The molecule has 164 valence electrons. The lowest BCUT2D eigenvalue weighted by molar-refractivity contribution is -0.137. The summed E-state index contributed by atoms with van der Waals surface area (Å²) in [5, 5.41) is 2.02. The number of rotatable bonds is 6. The van der Waals surface area contributed by atoms with Crippen LogP contribution < -0.4 is 4.31 Å². The maximum Gasteiger partial charge on any atom is 0.416 e. The van der Waals surface area contributed by atoms with Gasteiger partial charge in [0.1, 0.15) is 5.01 Å². The van der Waals surface area contributed by atoms with E-state index in [0.29, 0.717) is 5.01 Å². The van der Waals surface area contributed by atoms with E-state index in [0.717, 1.165) is 29.6 Å². The molecule has 3 aromatic rings. The Labute approximate surface area is 181 Å². The SMILES string of the molecule is CCN(c1cc(C(F)(F)F)ccc1-c1nccs1)S(=O)(=O)c1cccc(C(=O)OC)c1. The van der Waals surface area contributed by atoms with E-state index in [1.807, 2.05) is 0 Å². The molecular formula is C20H17F3N2O4S2. The molecule has 0 fully saturated rings. The first-order valence-electron chi connectivity index (χ1n) is 8.91. The number of sulfonamides is 1. The molecular weight excluding hydrogens is 453 g/mol. The Bertz CT molecular complexity index is 1190. The zero-order chi connectivity index (χ0) is 22.8. The quantitative estimate of drug-likeness (QED) is 0.483. The first-order chi connectivity index (χ1) is 14.6. The molecule has 0 unspecified atom stereocenters. The normalized spacial score (nSPS) is 11.9. The van der Waals surface area contributed by atoms with Crippen LogP contribution in [0.15, 0.2) is 58.9 Å². The summed E-state index contributed by atoms with van der Waals surface area (Å²) in [6.45, 7) is 1.36. The summed E-state index contributed by atoms with van der Waals surface area (Å²) in [4.78, 5) is 15.7. The summed E-state index contributed by atoms with van der Waals surface area (Å²) in [6, 6.07) is 8.02. The Morgan fingerprint density at radius 1 is 1.19 bits per heavy atom. The van der Waals surface area contributed by atoms with Crippen LogP contribution in [0.25, 0.3) is 10.6 Å². The van der Waals surface area contributed by atoms with Gasteiger partial charge in [0.05, 0.1) is 28.8 Å². The van der Waals surface area contributed by atoms with Crippen LogP contribution in [0, 0.1) is 0 Å². The van der Waals surface area contributed by atoms with Gasteiger partial charge in [-0.2, -0.15) is 13.2 Å². The van der Waals surface area contributed by atoms with Crippen LogP contribution in [0.4, 0.5) is 18.9 Å². The highest BCUT2D eigenvalue weighted by atomic mass is 32.2. The summed E-state index contributed by atoms with van der Waals surface area (Å²) in [6.07, 6.45) is -3.18. The number of ether oxygens (including phenoxy) is 1. The first-order valence-corrected chi connectivity index (χ1v) is 11.2. The van der Waals surface area contributed by atoms with Crippen molar-refractivity contribution in [2.75, 3.05) is 18.0 Å². The Morgan fingerprint density at radius 2 is 1.94 bits per heavy atom. The highest BCUT2D eigenvalue weighted by Gasteiger charge is 2.34. The summed E-state index contributed by atoms with van der Waals surface area (Å²) < 4.78 is 72.4. The maximum atomic E-state index is 13.4. The van der Waals surface area contributed by atoms with Gasteiger partial charge >= 0.3 is 12.1 Å². The summed E-state index contributed by atoms with van der Waals surface area (Å²) in [7, 11) is -3.15. The zero-order valence-corrected chi connectivity index (χ0v) is 18.0. The second-order valence-corrected chi connectivity index (χ2v) is 9.01. The number of aromatic nitrogens is 1. The highest BCUT2D eigenvalue weighted by Crippen LogP contribution is 2.40. The second kappa shape index (κ2) is 8.67. The molecule has 1 heterocycles. The molecule has 0 atom stereocenters. The van der Waals surface area contributed by atoms with Crippen molar-refractivity contribution in [3.63, 3.8) is 0 Å². The molecule has 0 aliphatic carbocycles. The van der Waals surface area contributed by atoms with Gasteiger partial charge in [0.25, 0.3) is 10.0 Å². The Balaban J connectivity index is 2.20. The Morgan fingerprint density at radius 3 is 2.52 bits per heavy atom. The minimum absolute atomic E-state index is 0.00353. The third kappa shape index (κ3) is 4.57. The van der Waals surface area contributed by atoms with E-state index in [1.54, 1.807) is 5.38 Å². The molecule has 6 nitrogen and oxygen atoms in total. The van der Waals surface area contributed by atoms with E-state index in [2.05, 4.69) is 9.72 Å². The summed E-state index contributed by atoms with van der Waals surface area (Å²) in [5.41, 5.74) is -0.892. The number of carbonyl (C=O) groups is 1. The van der Waals surface area contributed by atoms with E-state index in [4.69, 9.17) is 0 Å². The van der Waals surface area contributed by atoms with Crippen LogP contribution >= 0.6 is 11.3 Å². The average Bonchev–Trinajstić information content (AvgIpc) is 3.27. The van der Waals surface area contributed by atoms with Crippen LogP contribution in [0.2, 0.25) is 0 Å². The van der Waals surface area contributed by atoms with Gasteiger partial charge in [-0.3, -0.25) is 4.31 Å². The number of thiazole rings is 1. The van der Waals surface area contributed by atoms with Crippen molar-refractivity contribution < 1.29 is 31.1 Å². The fourth-order valence-corrected chi connectivity index (χ4v) is 5.15. The van der Waals surface area contributed by atoms with Crippen molar-refractivity contribution in [2.24, 2.45) is 0 Å². The lowest BCUT2D eigenvalue weighted by Gasteiger charge is -2.26. The second-order valence-electron chi connectivity index (χ2n) is 6.26. The molecule has 31 heavy (non-hydrogen) atoms. The molecule has 11 heteroatoms. The van der Waals surface area contributed by atoms with Gasteiger partial charge < -0.3 is 4.74 Å². The first kappa shape index (κ1) is 22.8. The zero-order valence-electron chi connectivity index (χ0n) is 16.4. The third-order valence-corrected chi connectivity index (χ3v) is 7.08. The number of alkyl halides is 3. The molecule has 0 aliphatic rings. The molecule has 0 amide bonds. The highest BCUT2D eigenvalue weighted by molar-refractivity contribution is 7.92. The minimum atomic E-state index is -4.66. The number of benzene rings is 2. The number of methoxy groups -OCH3 is 1. The number of esters is 1. The van der Waals surface area contributed by atoms with Crippen LogP contribution in [0.5, 0.6) is 0 Å². The van der Waals surface area contributed by atoms with E-state index in [1.165, 1.54) is 48.7 Å². The lowest BCUT2D eigenvalue weighted by Crippen LogP contribution is -2.31. The molecule has 0 spiro atoms. The van der Waals surface area contributed by atoms with Crippen molar-refractivity contribution in [1.29, 1.82) is 0 Å². The monoisotopic (exact) mass is 470 g/mol. The maximum absolute atomic E-state index is 13.4. The van der Waals surface area contributed by atoms with E-state index in [-0.39, 0.29) is 28.3 Å². The van der Waals surface area contributed by atoms with Gasteiger partial charge in [-0.15, -0.1) is 11.3 Å². The molecule has 0 saturated carbocycles. The number of hydrogen-bond acceptors (Lipinski definition) is 6. The van der Waals surface area contributed by atoms with Crippen LogP contribution in [0.1, 0.15) is 22.8 Å². The molecule has 0 N–H and O–H groups in total. The number of nitrogens with zero attached hydrogens (tertiary/aromatic N) is 2. The van der Waals surface area contributed by atoms with E-state index in [9.17, 15) is 26.4 Å². The van der Waals surface area contributed by atoms with Crippen LogP contribution in [0.3, 0.4) is 0 Å². The fourth-order valence-electron chi connectivity index (χ4n) is 2.95. The van der Waals surface area contributed by atoms with Gasteiger partial charge in [0.2, 0.25) is 0 Å². The standard InChI is InChI=1S/C20H17F3N2O4S2/c1-3-25(31(27,28)15-6-4-5-13(11-15)19(26)29-2)17-12-14(20(21,22)23)7-8-16(17)18-24-9-10-30-18/h4-12H,3H2,1-2H3. The van der Waals surface area contributed by atoms with Crippen molar-refractivity contribution >= 4 is 33.0 Å². The van der Waals surface area contributed by atoms with E-state index >= 15 is 0 Å². The van der Waals surface area contributed by atoms with Crippen molar-refractivity contribution in [2.45, 2.75) is 18.0 Å². The van der Waals surface area contributed by atoms with Crippen molar-refractivity contribution in [3.8, 4) is 10.6 Å². The molecule has 3 rings (SSSR count). The lowest BCUT2D eigenvalue weighted by atomic mass is 10.1. The smallest absolute Gasteiger partial charge is 0.416 e. The van der Waals surface area contributed by atoms with Gasteiger partial charge in [-0.05, 0) is 43.3 Å². The molecule has 0 saturated heterocycles. The van der Waals surface area contributed by atoms with Crippen LogP contribution in [-0.4, -0.2) is 33.0 Å².